The van der Waals surface area contributed by atoms with E-state index in [2.05, 4.69) is 22.9 Å². The van der Waals surface area contributed by atoms with Crippen molar-refractivity contribution in [3.8, 4) is 0 Å². The van der Waals surface area contributed by atoms with E-state index in [0.29, 0.717) is 6.42 Å². The molecular weight excluding hydrogens is 528 g/mol. The number of hydrogen-bond acceptors (Lipinski definition) is 5. The van der Waals surface area contributed by atoms with Crippen LogP contribution in [0.5, 0.6) is 0 Å². The summed E-state index contributed by atoms with van der Waals surface area (Å²) in [6.07, 6.45) is 0.317. The van der Waals surface area contributed by atoms with Gasteiger partial charge in [0.05, 0.1) is 11.3 Å². The maximum absolute atomic E-state index is 14.2. The highest BCUT2D eigenvalue weighted by Crippen LogP contribution is 2.45. The third-order valence-corrected chi connectivity index (χ3v) is 7.98. The monoisotopic (exact) mass is 554 g/mol. The molecule has 6 rings (SSSR count). The van der Waals surface area contributed by atoms with Crippen LogP contribution in [0.15, 0.2) is 72.8 Å². The van der Waals surface area contributed by atoms with Crippen LogP contribution in [-0.4, -0.2) is 56.6 Å². The van der Waals surface area contributed by atoms with Crippen LogP contribution in [0.2, 0.25) is 0 Å². The van der Waals surface area contributed by atoms with Crippen molar-refractivity contribution in [1.29, 1.82) is 0 Å². The molecule has 0 unspecified atom stereocenters. The van der Waals surface area contributed by atoms with E-state index in [1.807, 2.05) is 55.5 Å². The normalized spacial score (nSPS) is 18.9. The van der Waals surface area contributed by atoms with Gasteiger partial charge >= 0.3 is 12.0 Å². The highest BCUT2D eigenvalue weighted by Gasteiger charge is 2.53. The predicted molar refractivity (Wildman–Crippen MR) is 153 cm³/mol. The Morgan fingerprint density at radius 1 is 1.05 bits per heavy atom. The van der Waals surface area contributed by atoms with Gasteiger partial charge in [-0.15, -0.1) is 0 Å². The van der Waals surface area contributed by atoms with E-state index in [9.17, 15) is 24.3 Å². The molecule has 0 spiro atoms. The van der Waals surface area contributed by atoms with Crippen molar-refractivity contribution < 1.29 is 24.3 Å². The number of benzene rings is 3. The van der Waals surface area contributed by atoms with Crippen molar-refractivity contribution in [2.75, 3.05) is 10.7 Å². The fourth-order valence-corrected chi connectivity index (χ4v) is 5.92. The second-order valence-corrected chi connectivity index (χ2v) is 10.4. The average molecular weight is 555 g/mol. The van der Waals surface area contributed by atoms with Gasteiger partial charge in [0, 0.05) is 28.8 Å². The number of aromatic amines is 1. The lowest BCUT2D eigenvalue weighted by Crippen LogP contribution is -2.44. The third kappa shape index (κ3) is 4.03. The summed E-state index contributed by atoms with van der Waals surface area (Å²) in [5.74, 6) is -2.51. The average Bonchev–Trinajstić information content (AvgIpc) is 3.45. The maximum atomic E-state index is 14.2. The predicted octanol–water partition coefficient (Wildman–Crippen LogP) is 4.07. The number of anilines is 1. The van der Waals surface area contributed by atoms with Crippen LogP contribution < -0.4 is 10.2 Å². The van der Waals surface area contributed by atoms with E-state index < -0.39 is 41.9 Å². The smallest absolute Gasteiger partial charge is 0.332 e. The number of urea groups is 1. The number of nitrogens with zero attached hydrogens (tertiary/aromatic N) is 2. The minimum atomic E-state index is -1.24. The first-order chi connectivity index (χ1) is 19.3. The van der Waals surface area contributed by atoms with Crippen LogP contribution >= 0.6 is 12.6 Å². The van der Waals surface area contributed by atoms with Gasteiger partial charge < -0.3 is 15.4 Å². The number of aryl methyl sites for hydroxylation is 1. The molecule has 4 amide bonds. The summed E-state index contributed by atoms with van der Waals surface area (Å²) in [7, 11) is 0. The summed E-state index contributed by atoms with van der Waals surface area (Å²) in [5.41, 5.74) is 4.82. The first kappa shape index (κ1) is 25.7. The molecule has 40 heavy (non-hydrogen) atoms. The fourth-order valence-electron chi connectivity index (χ4n) is 5.67. The van der Waals surface area contributed by atoms with E-state index in [4.69, 9.17) is 0 Å². The van der Waals surface area contributed by atoms with Gasteiger partial charge in [0.15, 0.2) is 0 Å². The zero-order valence-electron chi connectivity index (χ0n) is 21.5. The molecule has 0 bridgehead atoms. The van der Waals surface area contributed by atoms with Gasteiger partial charge in [0.2, 0.25) is 0 Å². The Balaban J connectivity index is 1.45. The summed E-state index contributed by atoms with van der Waals surface area (Å²) in [5, 5.41) is 12.8. The van der Waals surface area contributed by atoms with Gasteiger partial charge in [-0.05, 0) is 36.2 Å². The lowest BCUT2D eigenvalue weighted by molar-refractivity contribution is -0.138. The number of carboxylic acids is 1. The van der Waals surface area contributed by atoms with Gasteiger partial charge in [0.25, 0.3) is 11.8 Å². The number of carbonyl (C=O) groups excluding carboxylic acids is 3. The largest absolute Gasteiger partial charge is 0.480 e. The molecule has 3 heterocycles. The summed E-state index contributed by atoms with van der Waals surface area (Å²) < 4.78 is 0. The number of aromatic nitrogens is 1. The lowest BCUT2D eigenvalue weighted by atomic mass is 9.88. The number of thiol groups is 1. The SMILES string of the molecule is Cc1ccc([C@@H]2c3[nH]c4ccccc4c3C[C@H]3C(=O)N(c4ccccc4C(=O)N[C@@H](CS)C(=O)O)C(=O)N23)cc1. The zero-order valence-corrected chi connectivity index (χ0v) is 22.4. The number of amides is 4. The number of aliphatic carboxylic acids is 1. The summed E-state index contributed by atoms with van der Waals surface area (Å²) in [4.78, 5) is 59.0. The first-order valence-electron chi connectivity index (χ1n) is 12.9. The van der Waals surface area contributed by atoms with Crippen molar-refractivity contribution in [3.05, 3.63) is 101 Å². The van der Waals surface area contributed by atoms with Crippen LogP contribution in [-0.2, 0) is 16.0 Å². The van der Waals surface area contributed by atoms with Gasteiger partial charge in [0.1, 0.15) is 18.1 Å². The molecule has 3 N–H and O–H groups in total. The quantitative estimate of drug-likeness (QED) is 0.211. The number of nitrogens with one attached hydrogen (secondary N) is 2. The minimum Gasteiger partial charge on any atom is -0.480 e. The molecule has 1 saturated heterocycles. The fraction of sp³-hybridized carbons (Fsp3) is 0.200. The van der Waals surface area contributed by atoms with E-state index in [-0.39, 0.29) is 17.0 Å². The van der Waals surface area contributed by atoms with Crippen LogP contribution in [0.1, 0.15) is 38.8 Å². The number of imide groups is 1. The number of carboxylic acid groups (broad SMARTS) is 1. The summed E-state index contributed by atoms with van der Waals surface area (Å²) in [6, 6.07) is 18.8. The minimum absolute atomic E-state index is 0.0212. The van der Waals surface area contributed by atoms with E-state index in [0.717, 1.165) is 38.2 Å². The Morgan fingerprint density at radius 3 is 2.48 bits per heavy atom. The Labute approximate surface area is 235 Å². The van der Waals surface area contributed by atoms with Crippen molar-refractivity contribution in [1.82, 2.24) is 15.2 Å². The maximum Gasteiger partial charge on any atom is 0.332 e. The van der Waals surface area contributed by atoms with E-state index in [1.54, 1.807) is 17.0 Å². The number of para-hydroxylation sites is 2. The van der Waals surface area contributed by atoms with Gasteiger partial charge in [-0.1, -0.05) is 60.2 Å². The number of H-pyrrole nitrogens is 1. The Hall–Kier alpha value is -4.57. The van der Waals surface area contributed by atoms with Crippen molar-refractivity contribution in [3.63, 3.8) is 0 Å². The van der Waals surface area contributed by atoms with Gasteiger partial charge in [-0.25, -0.2) is 14.5 Å². The molecule has 4 aromatic rings. The summed E-state index contributed by atoms with van der Waals surface area (Å²) >= 11 is 4.01. The molecule has 202 valence electrons. The molecular formula is C30H26N4O5S. The van der Waals surface area contributed by atoms with Crippen LogP contribution in [0.25, 0.3) is 10.9 Å². The molecule has 9 nitrogen and oxygen atoms in total. The molecule has 0 aliphatic carbocycles. The van der Waals surface area contributed by atoms with Crippen molar-refractivity contribution in [2.24, 2.45) is 0 Å². The summed E-state index contributed by atoms with van der Waals surface area (Å²) in [6.45, 7) is 1.98. The first-order valence-corrected chi connectivity index (χ1v) is 13.5. The Bertz CT molecular complexity index is 1680. The molecule has 0 saturated carbocycles. The highest BCUT2D eigenvalue weighted by atomic mass is 32.1. The zero-order chi connectivity index (χ0) is 28.1. The van der Waals surface area contributed by atoms with Gasteiger partial charge in [-0.2, -0.15) is 12.6 Å². The number of hydrogen-bond donors (Lipinski definition) is 4. The van der Waals surface area contributed by atoms with E-state index in [1.165, 1.54) is 12.1 Å². The molecule has 10 heteroatoms. The molecule has 2 aliphatic heterocycles. The Morgan fingerprint density at radius 2 is 1.75 bits per heavy atom. The second-order valence-electron chi connectivity index (χ2n) is 10.0. The van der Waals surface area contributed by atoms with Crippen molar-refractivity contribution in [2.45, 2.75) is 31.5 Å². The Kier molecular flexibility index (Phi) is 6.34. The molecule has 1 aromatic heterocycles. The van der Waals surface area contributed by atoms with E-state index >= 15 is 0 Å². The van der Waals surface area contributed by atoms with Crippen LogP contribution in [0.4, 0.5) is 10.5 Å². The highest BCUT2D eigenvalue weighted by molar-refractivity contribution is 7.80. The molecule has 3 atom stereocenters. The third-order valence-electron chi connectivity index (χ3n) is 7.62. The standard InChI is InChI=1S/C30H26N4O5S/c1-16-10-12-17(13-11-16)26-25-20(18-6-2-4-8-21(18)31-25)14-24-28(36)34(30(39)33(24)26)23-9-5-3-7-19(23)27(35)32-22(15-40)29(37)38/h2-13,22,24,26,31,40H,14-15H2,1H3,(H,32,35)(H,37,38)/t22-,24-,26+/m0/s1. The van der Waals surface area contributed by atoms with Crippen molar-refractivity contribution >= 4 is 53.0 Å². The van der Waals surface area contributed by atoms with Crippen LogP contribution in [0, 0.1) is 6.92 Å². The number of fused-ring (bicyclic) bond motifs is 4. The van der Waals surface area contributed by atoms with Crippen LogP contribution in [0.3, 0.4) is 0 Å². The molecule has 3 aromatic carbocycles. The topological polar surface area (TPSA) is 123 Å². The number of rotatable bonds is 6. The molecule has 2 aliphatic rings. The molecule has 0 radical (unpaired) electrons. The van der Waals surface area contributed by atoms with Gasteiger partial charge in [-0.3, -0.25) is 14.5 Å². The molecule has 1 fully saturated rings. The number of carbonyl (C=O) groups is 4. The lowest BCUT2D eigenvalue weighted by Gasteiger charge is -2.36. The second kappa shape index (κ2) is 9.87.